The van der Waals surface area contributed by atoms with Gasteiger partial charge in [0.05, 0.1) is 16.7 Å². The number of fused-ring (bicyclic) bond motifs is 3. The van der Waals surface area contributed by atoms with Crippen molar-refractivity contribution in [1.82, 2.24) is 9.55 Å². The normalized spacial score (nSPS) is 12.1. The van der Waals surface area contributed by atoms with E-state index in [9.17, 15) is 0 Å². The van der Waals surface area contributed by atoms with E-state index in [1.165, 1.54) is 71.6 Å². The molecule has 8 rings (SSSR count). The Morgan fingerprint density at radius 1 is 0.559 bits per heavy atom. The summed E-state index contributed by atoms with van der Waals surface area (Å²) >= 11 is 0. The molecule has 2 nitrogen and oxygen atoms in total. The lowest BCUT2D eigenvalue weighted by molar-refractivity contribution is 1.13. The van der Waals surface area contributed by atoms with Gasteiger partial charge in [0.15, 0.2) is 0 Å². The molecule has 0 radical (unpaired) electrons. The smallest absolute Gasteiger partial charge is 0.0545 e. The minimum Gasteiger partial charge on any atom is -0.354 e. The van der Waals surface area contributed by atoms with Crippen molar-refractivity contribution >= 4 is 43.5 Å². The van der Waals surface area contributed by atoms with E-state index in [1.54, 1.807) is 0 Å². The van der Waals surface area contributed by atoms with Crippen LogP contribution in [0.2, 0.25) is 0 Å². The minimum absolute atomic E-state index is 1.17. The second-order valence-corrected chi connectivity index (χ2v) is 9.14. The van der Waals surface area contributed by atoms with Crippen molar-refractivity contribution in [3.05, 3.63) is 115 Å². The van der Waals surface area contributed by atoms with Crippen LogP contribution in [0.3, 0.4) is 0 Å². The Kier molecular flexibility index (Phi) is 3.42. The van der Waals surface area contributed by atoms with E-state index in [4.69, 9.17) is 0 Å². The van der Waals surface area contributed by atoms with Crippen molar-refractivity contribution in [2.24, 2.45) is 0 Å². The van der Waals surface area contributed by atoms with E-state index in [-0.39, 0.29) is 0 Å². The Balaban J connectivity index is 1.32. The lowest BCUT2D eigenvalue weighted by Gasteiger charge is -2.13. The van der Waals surface area contributed by atoms with Gasteiger partial charge in [0.2, 0.25) is 0 Å². The first kappa shape index (κ1) is 17.9. The van der Waals surface area contributed by atoms with E-state index in [0.717, 1.165) is 0 Å². The predicted octanol–water partition coefficient (Wildman–Crippen LogP) is 8.63. The van der Waals surface area contributed by atoms with Crippen molar-refractivity contribution in [3.8, 4) is 28.1 Å². The van der Waals surface area contributed by atoms with Crippen LogP contribution in [0, 0.1) is 0 Å². The number of para-hydroxylation sites is 1. The fourth-order valence-electron chi connectivity index (χ4n) is 5.72. The van der Waals surface area contributed by atoms with E-state index >= 15 is 0 Å². The maximum Gasteiger partial charge on any atom is 0.0545 e. The molecule has 158 valence electrons. The SMILES string of the molecule is c1ccc(-c2cc3ccccc3n2-c2ccc(-c3cc4cc5c3[nH]c3cccc4c35)cc2)cc1. The molecule has 0 saturated heterocycles. The van der Waals surface area contributed by atoms with Gasteiger partial charge in [0, 0.05) is 32.9 Å². The highest BCUT2D eigenvalue weighted by Crippen LogP contribution is 2.43. The molecule has 2 heterocycles. The van der Waals surface area contributed by atoms with Crippen LogP contribution < -0.4 is 0 Å². The zero-order valence-corrected chi connectivity index (χ0v) is 18.4. The number of nitrogens with zero attached hydrogens (tertiary/aromatic N) is 1. The first-order chi connectivity index (χ1) is 16.8. The maximum absolute atomic E-state index is 3.67. The monoisotopic (exact) mass is 432 g/mol. The van der Waals surface area contributed by atoms with Gasteiger partial charge in [-0.05, 0) is 64.4 Å². The Hall–Kier alpha value is -4.56. The van der Waals surface area contributed by atoms with Crippen LogP contribution in [0.15, 0.2) is 115 Å². The van der Waals surface area contributed by atoms with Crippen molar-refractivity contribution in [1.29, 1.82) is 0 Å². The number of nitrogens with one attached hydrogen (secondary N) is 1. The molecule has 34 heavy (non-hydrogen) atoms. The lowest BCUT2D eigenvalue weighted by Crippen LogP contribution is -1.96. The molecule has 6 aromatic carbocycles. The fraction of sp³-hybridized carbons (Fsp3) is 0. The van der Waals surface area contributed by atoms with E-state index in [0.29, 0.717) is 0 Å². The number of hydrogen-bond acceptors (Lipinski definition) is 0. The van der Waals surface area contributed by atoms with Gasteiger partial charge >= 0.3 is 0 Å². The van der Waals surface area contributed by atoms with Crippen molar-refractivity contribution in [2.75, 3.05) is 0 Å². The number of aromatic amines is 1. The Labute approximate surface area is 196 Å². The van der Waals surface area contributed by atoms with Crippen LogP contribution in [-0.4, -0.2) is 9.55 Å². The van der Waals surface area contributed by atoms with Crippen LogP contribution in [0.25, 0.3) is 71.6 Å². The average Bonchev–Trinajstić information content (AvgIpc) is 3.56. The quantitative estimate of drug-likeness (QED) is 0.288. The summed E-state index contributed by atoms with van der Waals surface area (Å²) < 4.78 is 2.37. The number of rotatable bonds is 3. The van der Waals surface area contributed by atoms with E-state index in [1.807, 2.05) is 0 Å². The summed E-state index contributed by atoms with van der Waals surface area (Å²) in [5.41, 5.74) is 9.78. The number of H-pyrrole nitrogens is 1. The summed E-state index contributed by atoms with van der Waals surface area (Å²) in [6.45, 7) is 0. The second kappa shape index (κ2) is 6.49. The Bertz CT molecular complexity index is 1940. The van der Waals surface area contributed by atoms with Crippen LogP contribution in [-0.2, 0) is 0 Å². The third kappa shape index (κ3) is 2.35. The molecule has 0 unspecified atom stereocenters. The van der Waals surface area contributed by atoms with E-state index in [2.05, 4.69) is 125 Å². The van der Waals surface area contributed by atoms with Crippen LogP contribution in [0.5, 0.6) is 0 Å². The van der Waals surface area contributed by atoms with Gasteiger partial charge in [-0.1, -0.05) is 72.8 Å². The van der Waals surface area contributed by atoms with Gasteiger partial charge in [-0.15, -0.1) is 0 Å². The molecule has 0 aliphatic heterocycles. The largest absolute Gasteiger partial charge is 0.354 e. The molecule has 0 aliphatic rings. The fourth-order valence-corrected chi connectivity index (χ4v) is 5.72. The first-order valence-corrected chi connectivity index (χ1v) is 11.7. The molecular weight excluding hydrogens is 412 g/mol. The first-order valence-electron chi connectivity index (χ1n) is 11.7. The Morgan fingerprint density at radius 2 is 1.38 bits per heavy atom. The van der Waals surface area contributed by atoms with Gasteiger partial charge in [0.25, 0.3) is 0 Å². The standard InChI is InChI=1S/C32H20N2/c1-2-7-21(8-3-1)30-19-22-9-4-5-12-29(22)34(30)24-15-13-20(14-16-24)26-17-23-18-27-31-25(23)10-6-11-28(31)33-32(26)27/h1-19,33H. The third-order valence-electron chi connectivity index (χ3n) is 7.26. The molecule has 2 bridgehead atoms. The molecule has 0 amide bonds. The molecule has 8 aromatic rings. The summed E-state index contributed by atoms with van der Waals surface area (Å²) in [7, 11) is 0. The zero-order chi connectivity index (χ0) is 22.2. The molecule has 1 N–H and O–H groups in total. The molecule has 0 fully saturated rings. The number of benzene rings is 5. The van der Waals surface area contributed by atoms with Crippen molar-refractivity contribution in [3.63, 3.8) is 0 Å². The molecule has 0 atom stereocenters. The number of aromatic nitrogens is 2. The van der Waals surface area contributed by atoms with Crippen molar-refractivity contribution in [2.45, 2.75) is 0 Å². The van der Waals surface area contributed by atoms with Crippen LogP contribution >= 0.6 is 0 Å². The van der Waals surface area contributed by atoms with Gasteiger partial charge in [0.1, 0.15) is 0 Å². The lowest BCUT2D eigenvalue weighted by atomic mass is 10.0. The third-order valence-corrected chi connectivity index (χ3v) is 7.26. The topological polar surface area (TPSA) is 20.7 Å². The Morgan fingerprint density at radius 3 is 2.26 bits per heavy atom. The molecule has 2 heteroatoms. The molecular formula is C32H20N2. The minimum atomic E-state index is 1.17. The zero-order valence-electron chi connectivity index (χ0n) is 18.4. The number of hydrogen-bond donors (Lipinski definition) is 1. The van der Waals surface area contributed by atoms with Crippen molar-refractivity contribution < 1.29 is 0 Å². The molecule has 0 spiro atoms. The molecule has 0 saturated carbocycles. The highest BCUT2D eigenvalue weighted by Gasteiger charge is 2.18. The maximum atomic E-state index is 3.67. The molecule has 0 aliphatic carbocycles. The summed E-state index contributed by atoms with van der Waals surface area (Å²) in [4.78, 5) is 3.67. The summed E-state index contributed by atoms with van der Waals surface area (Å²) in [6, 6.07) is 41.7. The average molecular weight is 433 g/mol. The summed E-state index contributed by atoms with van der Waals surface area (Å²) in [5.74, 6) is 0. The predicted molar refractivity (Wildman–Crippen MR) is 143 cm³/mol. The van der Waals surface area contributed by atoms with Crippen LogP contribution in [0.4, 0.5) is 0 Å². The van der Waals surface area contributed by atoms with Gasteiger partial charge in [-0.25, -0.2) is 0 Å². The highest BCUT2D eigenvalue weighted by molar-refractivity contribution is 6.28. The second-order valence-electron chi connectivity index (χ2n) is 9.14. The van der Waals surface area contributed by atoms with Gasteiger partial charge in [-0.3, -0.25) is 0 Å². The summed E-state index contributed by atoms with van der Waals surface area (Å²) in [6.07, 6.45) is 0. The van der Waals surface area contributed by atoms with Crippen LogP contribution in [0.1, 0.15) is 0 Å². The van der Waals surface area contributed by atoms with Gasteiger partial charge < -0.3 is 9.55 Å². The highest BCUT2D eigenvalue weighted by atomic mass is 15.0. The molecule has 2 aromatic heterocycles. The summed E-state index contributed by atoms with van der Waals surface area (Å²) in [5, 5.41) is 6.61. The van der Waals surface area contributed by atoms with Gasteiger partial charge in [-0.2, -0.15) is 0 Å². The van der Waals surface area contributed by atoms with E-state index < -0.39 is 0 Å².